The third kappa shape index (κ3) is 146. The van der Waals surface area contributed by atoms with E-state index in [0.717, 1.165) is 0 Å². The summed E-state index contributed by atoms with van der Waals surface area (Å²) in [6.45, 7) is 4.25. The Bertz CT molecular complexity index is 46.1. The van der Waals surface area contributed by atoms with Gasteiger partial charge in [0.2, 0.25) is 0 Å². The van der Waals surface area contributed by atoms with E-state index < -0.39 is 9.05 Å². The Morgan fingerprint density at radius 3 is 0.750 bits per heavy atom. The van der Waals surface area contributed by atoms with Crippen LogP contribution in [0.2, 0.25) is 0 Å². The van der Waals surface area contributed by atoms with Crippen molar-refractivity contribution < 1.29 is 137 Å². The van der Waals surface area contributed by atoms with Crippen LogP contribution >= 0.6 is 0 Å². The molecule has 0 bridgehead atoms. The number of hydrogen-bond acceptors (Lipinski definition) is 4. The second-order valence-corrected chi connectivity index (χ2v) is 2.21. The molecule has 4 nitrogen and oxygen atoms in total. The maximum absolute atomic E-state index is 8.58. The Morgan fingerprint density at radius 2 is 0.750 bits per heavy atom. The minimum absolute atomic E-state index is 0. The van der Waals surface area contributed by atoms with E-state index in [9.17, 15) is 0 Å². The maximum atomic E-state index is 8.58. The minimum atomic E-state index is -5.61. The largest absolute Gasteiger partial charge is 1.00 e. The van der Waals surface area contributed by atoms with Crippen molar-refractivity contribution in [1.29, 1.82) is 0 Å². The summed E-state index contributed by atoms with van der Waals surface area (Å²) in [5.74, 6) is 0. The SMILES string of the molecule is CCC.[Na+].[Na+].[Na+].[Na+].[O-][Si]([O-])([O-])[O-]. The van der Waals surface area contributed by atoms with Gasteiger partial charge < -0.3 is 28.2 Å². The van der Waals surface area contributed by atoms with Crippen LogP contribution in [0.15, 0.2) is 0 Å². The molecule has 0 radical (unpaired) electrons. The predicted octanol–water partition coefficient (Wildman–Crippen LogP) is -15.7. The Hall–Kier alpha value is 4.06. The molecule has 0 heterocycles. The molecule has 9 heteroatoms. The van der Waals surface area contributed by atoms with Crippen LogP contribution in [0.25, 0.3) is 0 Å². The van der Waals surface area contributed by atoms with Crippen molar-refractivity contribution in [2.75, 3.05) is 0 Å². The van der Waals surface area contributed by atoms with Gasteiger partial charge in [0, 0.05) is 0 Å². The van der Waals surface area contributed by atoms with Crippen LogP contribution in [0.5, 0.6) is 0 Å². The van der Waals surface area contributed by atoms with Gasteiger partial charge in [0.25, 0.3) is 0 Å². The normalized spacial score (nSPS) is 6.50. The Labute approximate surface area is 163 Å². The number of hydrogen-bond donors (Lipinski definition) is 0. The Kier molecular flexibility index (Phi) is 73.0. The summed E-state index contributed by atoms with van der Waals surface area (Å²) in [7, 11) is -5.61. The third-order valence-corrected chi connectivity index (χ3v) is 0. The van der Waals surface area contributed by atoms with Crippen molar-refractivity contribution in [3.05, 3.63) is 0 Å². The minimum Gasteiger partial charge on any atom is -0.894 e. The molecule has 0 N–H and O–H groups in total. The first-order valence-corrected chi connectivity index (χ1v) is 3.86. The zero-order valence-corrected chi connectivity index (χ0v) is 17.8. The van der Waals surface area contributed by atoms with Gasteiger partial charge in [-0.05, 0) is 0 Å². The third-order valence-electron chi connectivity index (χ3n) is 0. The van der Waals surface area contributed by atoms with Gasteiger partial charge in [0.1, 0.15) is 0 Å². The van der Waals surface area contributed by atoms with E-state index in [0.29, 0.717) is 0 Å². The van der Waals surface area contributed by atoms with Gasteiger partial charge in [-0.25, -0.2) is 0 Å². The van der Waals surface area contributed by atoms with Gasteiger partial charge in [-0.1, -0.05) is 20.3 Å². The quantitative estimate of drug-likeness (QED) is 0.385. The van der Waals surface area contributed by atoms with Crippen molar-refractivity contribution in [2.24, 2.45) is 0 Å². The average Bonchev–Trinajstić information content (AvgIpc) is 1.27. The van der Waals surface area contributed by atoms with E-state index in [1.54, 1.807) is 0 Å². The van der Waals surface area contributed by atoms with Crippen LogP contribution in [-0.2, 0) is 0 Å². The van der Waals surface area contributed by atoms with Gasteiger partial charge in [-0.2, -0.15) is 0 Å². The Balaban J connectivity index is -0.0000000119. The molecule has 0 aromatic rings. The van der Waals surface area contributed by atoms with Gasteiger partial charge >= 0.3 is 118 Å². The molecular formula is C3H8Na4O4Si. The maximum Gasteiger partial charge on any atom is 1.00 e. The molecule has 0 aliphatic rings. The van der Waals surface area contributed by atoms with Gasteiger partial charge in [0.05, 0.1) is 0 Å². The molecule has 0 saturated heterocycles. The molecule has 0 rings (SSSR count). The molecule has 0 atom stereocenters. The zero-order valence-electron chi connectivity index (χ0n) is 8.84. The van der Waals surface area contributed by atoms with Crippen LogP contribution in [0.3, 0.4) is 0 Å². The summed E-state index contributed by atoms with van der Waals surface area (Å²) in [4.78, 5) is 34.3. The van der Waals surface area contributed by atoms with E-state index in [1.165, 1.54) is 6.42 Å². The molecule has 0 amide bonds. The topological polar surface area (TPSA) is 92.2 Å². The van der Waals surface area contributed by atoms with Gasteiger partial charge in [-0.15, -0.1) is 0 Å². The first-order chi connectivity index (χ1) is 3.41. The van der Waals surface area contributed by atoms with Crippen molar-refractivity contribution in [1.82, 2.24) is 0 Å². The van der Waals surface area contributed by atoms with E-state index in [4.69, 9.17) is 19.2 Å². The molecule has 0 saturated carbocycles. The zero-order chi connectivity index (χ0) is 7.21. The predicted molar refractivity (Wildman–Crippen MR) is 21.7 cm³/mol. The van der Waals surface area contributed by atoms with Crippen molar-refractivity contribution in [2.45, 2.75) is 20.3 Å². The van der Waals surface area contributed by atoms with Gasteiger partial charge in [0.15, 0.2) is 0 Å². The smallest absolute Gasteiger partial charge is 0.894 e. The van der Waals surface area contributed by atoms with Crippen molar-refractivity contribution >= 4 is 9.05 Å². The molecule has 0 unspecified atom stereocenters. The number of rotatable bonds is 0. The summed E-state index contributed by atoms with van der Waals surface area (Å²) < 4.78 is 0. The van der Waals surface area contributed by atoms with Crippen LogP contribution in [-0.4, -0.2) is 9.05 Å². The fourth-order valence-corrected chi connectivity index (χ4v) is 0. The molecule has 0 spiro atoms. The van der Waals surface area contributed by atoms with E-state index >= 15 is 0 Å². The molecule has 0 aromatic carbocycles. The van der Waals surface area contributed by atoms with Crippen LogP contribution in [0.1, 0.15) is 20.3 Å². The molecule has 0 fully saturated rings. The summed E-state index contributed by atoms with van der Waals surface area (Å²) in [5, 5.41) is 0. The Morgan fingerprint density at radius 1 is 0.750 bits per heavy atom. The van der Waals surface area contributed by atoms with Crippen LogP contribution < -0.4 is 137 Å². The average molecular weight is 228 g/mol. The van der Waals surface area contributed by atoms with Gasteiger partial charge in [-0.3, -0.25) is 0 Å². The summed E-state index contributed by atoms with van der Waals surface area (Å²) >= 11 is 0. The van der Waals surface area contributed by atoms with E-state index in [2.05, 4.69) is 13.8 Å². The molecule has 0 aliphatic carbocycles. The fraction of sp³-hybridized carbons (Fsp3) is 1.00. The van der Waals surface area contributed by atoms with Crippen LogP contribution in [0.4, 0.5) is 0 Å². The fourth-order valence-electron chi connectivity index (χ4n) is 0. The summed E-state index contributed by atoms with van der Waals surface area (Å²) in [6, 6.07) is 0. The summed E-state index contributed by atoms with van der Waals surface area (Å²) in [5.41, 5.74) is 0. The van der Waals surface area contributed by atoms with Crippen molar-refractivity contribution in [3.63, 3.8) is 0 Å². The van der Waals surface area contributed by atoms with Crippen LogP contribution in [0, 0.1) is 0 Å². The molecule has 0 aromatic heterocycles. The van der Waals surface area contributed by atoms with E-state index in [1.807, 2.05) is 0 Å². The van der Waals surface area contributed by atoms with E-state index in [-0.39, 0.29) is 118 Å². The second-order valence-electron chi connectivity index (χ2n) is 1.21. The van der Waals surface area contributed by atoms with Crippen molar-refractivity contribution in [3.8, 4) is 0 Å². The summed E-state index contributed by atoms with van der Waals surface area (Å²) in [6.07, 6.45) is 1.25. The molecule has 52 valence electrons. The monoisotopic (exact) mass is 228 g/mol. The second kappa shape index (κ2) is 24.3. The molecule has 0 aliphatic heterocycles. The standard InChI is InChI=1S/C3H8.4Na.O4Si/c1-3-2;;;;;1-5(2,3)4/h3H2,1-2H3;;;;;/q;4*+1;-4. The first kappa shape index (κ1) is 36.0. The molecular weight excluding hydrogens is 220 g/mol. The first-order valence-electron chi connectivity index (χ1n) is 2.23. The molecule has 12 heavy (non-hydrogen) atoms.